The van der Waals surface area contributed by atoms with Gasteiger partial charge in [0.25, 0.3) is 5.91 Å². The summed E-state index contributed by atoms with van der Waals surface area (Å²) < 4.78 is 0. The Morgan fingerprint density at radius 3 is 2.89 bits per heavy atom. The molecule has 0 aliphatic heterocycles. The lowest BCUT2D eigenvalue weighted by Crippen LogP contribution is -2.25. The predicted molar refractivity (Wildman–Crippen MR) is 76.8 cm³/mol. The molecule has 1 aromatic heterocycles. The number of rotatable bonds is 5. The maximum absolute atomic E-state index is 11.9. The van der Waals surface area contributed by atoms with Gasteiger partial charge in [-0.05, 0) is 25.0 Å². The zero-order chi connectivity index (χ0) is 13.5. The van der Waals surface area contributed by atoms with E-state index >= 15 is 0 Å². The molecule has 1 N–H and O–H groups in total. The maximum Gasteiger partial charge on any atom is 0.269 e. The van der Waals surface area contributed by atoms with E-state index in [-0.39, 0.29) is 5.91 Å². The summed E-state index contributed by atoms with van der Waals surface area (Å²) in [5.74, 6) is 2.45. The van der Waals surface area contributed by atoms with Crippen LogP contribution in [0.15, 0.2) is 36.4 Å². The van der Waals surface area contributed by atoms with Crippen LogP contribution in [0.25, 0.3) is 10.9 Å². The maximum atomic E-state index is 11.9. The largest absolute Gasteiger partial charge is 0.351 e. The van der Waals surface area contributed by atoms with Gasteiger partial charge in [-0.2, -0.15) is 0 Å². The fourth-order valence-corrected chi connectivity index (χ4v) is 1.84. The van der Waals surface area contributed by atoms with Crippen LogP contribution in [-0.4, -0.2) is 17.4 Å². The normalized spacial score (nSPS) is 10.1. The molecule has 0 aliphatic carbocycles. The first-order valence-electron chi connectivity index (χ1n) is 6.39. The van der Waals surface area contributed by atoms with E-state index < -0.39 is 0 Å². The van der Waals surface area contributed by atoms with E-state index in [4.69, 9.17) is 6.42 Å². The summed E-state index contributed by atoms with van der Waals surface area (Å²) >= 11 is 0. The molecule has 2 rings (SSSR count). The molecule has 0 aliphatic rings. The smallest absolute Gasteiger partial charge is 0.269 e. The van der Waals surface area contributed by atoms with Gasteiger partial charge in [0.2, 0.25) is 0 Å². The summed E-state index contributed by atoms with van der Waals surface area (Å²) in [4.78, 5) is 16.3. The van der Waals surface area contributed by atoms with Crippen molar-refractivity contribution in [2.24, 2.45) is 0 Å². The van der Waals surface area contributed by atoms with Crippen LogP contribution in [0.2, 0.25) is 0 Å². The lowest BCUT2D eigenvalue weighted by Gasteiger charge is -2.05. The first-order valence-corrected chi connectivity index (χ1v) is 6.39. The van der Waals surface area contributed by atoms with Crippen molar-refractivity contribution in [3.8, 4) is 12.3 Å². The highest BCUT2D eigenvalue weighted by Gasteiger charge is 2.06. The first kappa shape index (κ1) is 13.1. The van der Waals surface area contributed by atoms with E-state index in [2.05, 4.69) is 16.2 Å². The third-order valence-corrected chi connectivity index (χ3v) is 2.86. The molecule has 0 saturated heterocycles. The van der Waals surface area contributed by atoms with Crippen LogP contribution in [0.3, 0.4) is 0 Å². The number of terminal acetylenes is 1. The van der Waals surface area contributed by atoms with Gasteiger partial charge in [0.05, 0.1) is 5.52 Å². The number of nitrogens with one attached hydrogen (secondary N) is 1. The molecule has 1 aromatic carbocycles. The van der Waals surface area contributed by atoms with E-state index in [0.29, 0.717) is 12.2 Å². The van der Waals surface area contributed by atoms with Crippen LogP contribution < -0.4 is 5.32 Å². The van der Waals surface area contributed by atoms with Crippen molar-refractivity contribution in [3.63, 3.8) is 0 Å². The second-order valence-corrected chi connectivity index (χ2v) is 4.31. The van der Waals surface area contributed by atoms with Crippen LogP contribution in [0.5, 0.6) is 0 Å². The van der Waals surface area contributed by atoms with E-state index in [1.807, 2.05) is 30.3 Å². The average Bonchev–Trinajstić information content (AvgIpc) is 2.46. The molecule has 1 amide bonds. The van der Waals surface area contributed by atoms with Crippen LogP contribution in [0.4, 0.5) is 0 Å². The Hall–Kier alpha value is -2.34. The fourth-order valence-electron chi connectivity index (χ4n) is 1.84. The molecule has 19 heavy (non-hydrogen) atoms. The van der Waals surface area contributed by atoms with Gasteiger partial charge in [0, 0.05) is 18.4 Å². The van der Waals surface area contributed by atoms with Gasteiger partial charge in [0.1, 0.15) is 5.69 Å². The number of aromatic nitrogens is 1. The fraction of sp³-hybridized carbons (Fsp3) is 0.250. The second kappa shape index (κ2) is 6.55. The molecule has 2 aromatic rings. The minimum atomic E-state index is -0.133. The van der Waals surface area contributed by atoms with Crippen LogP contribution in [-0.2, 0) is 0 Å². The molecule has 0 fully saturated rings. The van der Waals surface area contributed by atoms with Crippen LogP contribution >= 0.6 is 0 Å². The minimum Gasteiger partial charge on any atom is -0.351 e. The monoisotopic (exact) mass is 252 g/mol. The van der Waals surface area contributed by atoms with Crippen molar-refractivity contribution in [3.05, 3.63) is 42.1 Å². The zero-order valence-corrected chi connectivity index (χ0v) is 10.7. The number of hydrogen-bond acceptors (Lipinski definition) is 2. The third-order valence-electron chi connectivity index (χ3n) is 2.86. The molecule has 0 atom stereocenters. The number of carbonyl (C=O) groups excluding carboxylic acids is 1. The molecule has 0 unspecified atom stereocenters. The predicted octanol–water partition coefficient (Wildman–Crippen LogP) is 2.77. The van der Waals surface area contributed by atoms with Gasteiger partial charge < -0.3 is 5.32 Å². The Bertz CT molecular complexity index is 613. The molecule has 3 nitrogen and oxygen atoms in total. The molecule has 0 saturated carbocycles. The van der Waals surface area contributed by atoms with Crippen molar-refractivity contribution in [2.75, 3.05) is 6.54 Å². The molecular weight excluding hydrogens is 236 g/mol. The molecule has 96 valence electrons. The zero-order valence-electron chi connectivity index (χ0n) is 10.7. The Balaban J connectivity index is 1.96. The van der Waals surface area contributed by atoms with E-state index in [1.54, 1.807) is 6.07 Å². The summed E-state index contributed by atoms with van der Waals surface area (Å²) in [6.07, 6.45) is 7.75. The highest BCUT2D eigenvalue weighted by atomic mass is 16.1. The van der Waals surface area contributed by atoms with Gasteiger partial charge in [0.15, 0.2) is 0 Å². The van der Waals surface area contributed by atoms with Crippen molar-refractivity contribution in [1.82, 2.24) is 10.3 Å². The molecule has 0 spiro atoms. The number of carbonyl (C=O) groups is 1. The number of unbranched alkanes of at least 4 members (excludes halogenated alkanes) is 2. The number of para-hydroxylation sites is 1. The quantitative estimate of drug-likeness (QED) is 0.656. The number of hydrogen-bond donors (Lipinski definition) is 1. The molecule has 1 heterocycles. The Kier molecular flexibility index (Phi) is 4.52. The van der Waals surface area contributed by atoms with Gasteiger partial charge in [-0.25, -0.2) is 4.98 Å². The van der Waals surface area contributed by atoms with Crippen molar-refractivity contribution in [2.45, 2.75) is 19.3 Å². The lowest BCUT2D eigenvalue weighted by molar-refractivity contribution is 0.0948. The summed E-state index contributed by atoms with van der Waals surface area (Å²) in [7, 11) is 0. The number of fused-ring (bicyclic) bond motifs is 1. The van der Waals surface area contributed by atoms with Gasteiger partial charge >= 0.3 is 0 Å². The third kappa shape index (κ3) is 3.56. The summed E-state index contributed by atoms with van der Waals surface area (Å²) in [5, 5.41) is 3.89. The Labute approximate surface area is 113 Å². The molecular formula is C16H16N2O. The highest BCUT2D eigenvalue weighted by Crippen LogP contribution is 2.11. The van der Waals surface area contributed by atoms with Crippen LogP contribution in [0, 0.1) is 12.3 Å². The topological polar surface area (TPSA) is 42.0 Å². The van der Waals surface area contributed by atoms with Crippen molar-refractivity contribution >= 4 is 16.8 Å². The lowest BCUT2D eigenvalue weighted by atomic mass is 10.2. The molecule has 0 radical (unpaired) electrons. The SMILES string of the molecule is C#CCCCCNC(=O)c1ccc2ccccc2n1. The van der Waals surface area contributed by atoms with Crippen molar-refractivity contribution < 1.29 is 4.79 Å². The van der Waals surface area contributed by atoms with E-state index in [9.17, 15) is 4.79 Å². The number of amides is 1. The standard InChI is InChI=1S/C16H16N2O/c1-2-3-4-7-12-17-16(19)15-11-10-13-8-5-6-9-14(13)18-15/h1,5-6,8-11H,3-4,7,12H2,(H,17,19). The minimum absolute atomic E-state index is 0.133. The van der Waals surface area contributed by atoms with E-state index in [1.165, 1.54) is 0 Å². The second-order valence-electron chi connectivity index (χ2n) is 4.31. The average molecular weight is 252 g/mol. The number of benzene rings is 1. The van der Waals surface area contributed by atoms with Crippen molar-refractivity contribution in [1.29, 1.82) is 0 Å². The van der Waals surface area contributed by atoms with Gasteiger partial charge in [-0.3, -0.25) is 4.79 Å². The number of nitrogens with zero attached hydrogens (tertiary/aromatic N) is 1. The van der Waals surface area contributed by atoms with Gasteiger partial charge in [-0.1, -0.05) is 24.3 Å². The first-order chi connectivity index (χ1) is 9.31. The highest BCUT2D eigenvalue weighted by molar-refractivity contribution is 5.94. The summed E-state index contributed by atoms with van der Waals surface area (Å²) in [6, 6.07) is 11.4. The summed E-state index contributed by atoms with van der Waals surface area (Å²) in [6.45, 7) is 0.634. The summed E-state index contributed by atoms with van der Waals surface area (Å²) in [5.41, 5.74) is 1.29. The molecule has 3 heteroatoms. The van der Waals surface area contributed by atoms with Crippen LogP contribution in [0.1, 0.15) is 29.8 Å². The Morgan fingerprint density at radius 1 is 1.21 bits per heavy atom. The molecule has 0 bridgehead atoms. The Morgan fingerprint density at radius 2 is 2.05 bits per heavy atom. The van der Waals surface area contributed by atoms with E-state index in [0.717, 1.165) is 30.2 Å². The number of pyridine rings is 1. The van der Waals surface area contributed by atoms with Gasteiger partial charge in [-0.15, -0.1) is 12.3 Å².